The third-order valence-electron chi connectivity index (χ3n) is 8.86. The van der Waals surface area contributed by atoms with E-state index in [1.165, 1.54) is 60.1 Å². The van der Waals surface area contributed by atoms with Crippen LogP contribution in [0.4, 0.5) is 0 Å². The zero-order valence-electron chi connectivity index (χ0n) is 23.4. The largest absolute Gasteiger partial charge is 0.456 e. The molecule has 0 spiro atoms. The Morgan fingerprint density at radius 1 is 0.302 bits per heavy atom. The average Bonchev–Trinajstić information content (AvgIpc) is 3.44. The van der Waals surface area contributed by atoms with Crippen molar-refractivity contribution in [3.63, 3.8) is 0 Å². The van der Waals surface area contributed by atoms with Crippen molar-refractivity contribution in [2.75, 3.05) is 0 Å². The monoisotopic (exact) mass is 546 g/mol. The van der Waals surface area contributed by atoms with Crippen molar-refractivity contribution < 1.29 is 4.42 Å². The molecule has 0 aliphatic carbocycles. The molecule has 0 aliphatic rings. The topological polar surface area (TPSA) is 13.1 Å². The summed E-state index contributed by atoms with van der Waals surface area (Å²) in [6, 6.07) is 56.7. The number of fused-ring (bicyclic) bond motifs is 6. The lowest BCUT2D eigenvalue weighted by atomic mass is 9.84. The maximum absolute atomic E-state index is 6.47. The van der Waals surface area contributed by atoms with Crippen LogP contribution in [-0.2, 0) is 0 Å². The van der Waals surface area contributed by atoms with Crippen molar-refractivity contribution in [2.45, 2.75) is 0 Å². The molecule has 1 nitrogen and oxygen atoms in total. The van der Waals surface area contributed by atoms with E-state index in [4.69, 9.17) is 4.42 Å². The third-order valence-corrected chi connectivity index (χ3v) is 8.86. The summed E-state index contributed by atoms with van der Waals surface area (Å²) in [6.07, 6.45) is 0. The van der Waals surface area contributed by atoms with E-state index >= 15 is 0 Å². The Balaban J connectivity index is 1.31. The summed E-state index contributed by atoms with van der Waals surface area (Å²) in [5.74, 6) is 0. The van der Waals surface area contributed by atoms with Gasteiger partial charge in [-0.1, -0.05) is 133 Å². The minimum Gasteiger partial charge on any atom is -0.456 e. The average molecular weight is 547 g/mol. The molecule has 1 heteroatoms. The molecule has 0 atom stereocenters. The smallest absolute Gasteiger partial charge is 0.136 e. The fourth-order valence-electron chi connectivity index (χ4n) is 6.92. The van der Waals surface area contributed by atoms with Crippen LogP contribution in [0.5, 0.6) is 0 Å². The first-order chi connectivity index (χ1) is 21.3. The van der Waals surface area contributed by atoms with Gasteiger partial charge in [0.1, 0.15) is 11.2 Å². The number of hydrogen-bond acceptors (Lipinski definition) is 1. The maximum Gasteiger partial charge on any atom is 0.136 e. The maximum atomic E-state index is 6.47. The zero-order chi connectivity index (χ0) is 28.3. The van der Waals surface area contributed by atoms with Crippen LogP contribution in [0.15, 0.2) is 162 Å². The van der Waals surface area contributed by atoms with Crippen LogP contribution in [0.2, 0.25) is 0 Å². The van der Waals surface area contributed by atoms with Crippen molar-refractivity contribution in [3.05, 3.63) is 158 Å². The Morgan fingerprint density at radius 3 is 1.65 bits per heavy atom. The van der Waals surface area contributed by atoms with Gasteiger partial charge in [0.15, 0.2) is 0 Å². The molecule has 0 amide bonds. The van der Waals surface area contributed by atoms with E-state index in [1.54, 1.807) is 0 Å². The van der Waals surface area contributed by atoms with Gasteiger partial charge >= 0.3 is 0 Å². The van der Waals surface area contributed by atoms with Gasteiger partial charge in [0.05, 0.1) is 0 Å². The number of hydrogen-bond donors (Lipinski definition) is 0. The fraction of sp³-hybridized carbons (Fsp3) is 0. The van der Waals surface area contributed by atoms with Gasteiger partial charge in [-0.15, -0.1) is 0 Å². The van der Waals surface area contributed by atoms with Crippen LogP contribution < -0.4 is 0 Å². The highest BCUT2D eigenvalue weighted by Crippen LogP contribution is 2.46. The van der Waals surface area contributed by atoms with Crippen LogP contribution in [0.1, 0.15) is 0 Å². The standard InChI is InChI=1S/C42H26O/c1-2-11-27(12-3-1)29-22-24-39-38(25-29)32-23-21-30(26-40(32)43-39)41-34-16-6-8-18-36(34)42(37-19-9-7-17-35(37)41)33-20-10-14-28-13-4-5-15-31(28)33/h1-26H. The molecule has 1 heterocycles. The van der Waals surface area contributed by atoms with Crippen LogP contribution in [0, 0.1) is 0 Å². The van der Waals surface area contributed by atoms with Crippen LogP contribution in [0.25, 0.3) is 87.6 Å². The number of rotatable bonds is 3. The minimum atomic E-state index is 0.906. The first kappa shape index (κ1) is 24.0. The van der Waals surface area contributed by atoms with E-state index in [2.05, 4.69) is 158 Å². The van der Waals surface area contributed by atoms with Crippen LogP contribution in [0.3, 0.4) is 0 Å². The van der Waals surface area contributed by atoms with Gasteiger partial charge in [0.25, 0.3) is 0 Å². The first-order valence-electron chi connectivity index (χ1n) is 14.8. The molecule has 0 unspecified atom stereocenters. The van der Waals surface area contributed by atoms with Gasteiger partial charge < -0.3 is 4.42 Å². The van der Waals surface area contributed by atoms with E-state index in [0.717, 1.165) is 27.5 Å². The first-order valence-corrected chi connectivity index (χ1v) is 14.8. The molecule has 9 aromatic rings. The van der Waals surface area contributed by atoms with Crippen molar-refractivity contribution in [1.29, 1.82) is 0 Å². The second kappa shape index (κ2) is 9.44. The summed E-state index contributed by atoms with van der Waals surface area (Å²) >= 11 is 0. The van der Waals surface area contributed by atoms with Crippen molar-refractivity contribution in [1.82, 2.24) is 0 Å². The normalized spacial score (nSPS) is 11.7. The lowest BCUT2D eigenvalue weighted by Gasteiger charge is -2.18. The summed E-state index contributed by atoms with van der Waals surface area (Å²) in [5.41, 5.74) is 9.16. The number of benzene rings is 8. The predicted octanol–water partition coefficient (Wildman–Crippen LogP) is 12.0. The molecule has 0 aliphatic heterocycles. The van der Waals surface area contributed by atoms with Gasteiger partial charge in [-0.3, -0.25) is 0 Å². The molecule has 0 radical (unpaired) electrons. The Morgan fingerprint density at radius 2 is 0.907 bits per heavy atom. The van der Waals surface area contributed by atoms with Crippen LogP contribution in [-0.4, -0.2) is 0 Å². The molecule has 0 N–H and O–H groups in total. The highest BCUT2D eigenvalue weighted by molar-refractivity contribution is 6.24. The Labute approximate surface area is 249 Å². The second-order valence-electron chi connectivity index (χ2n) is 11.3. The SMILES string of the molecule is c1ccc(-c2ccc3oc4cc(-c5c6ccccc6c(-c6cccc7ccccc67)c6ccccc56)ccc4c3c2)cc1. The highest BCUT2D eigenvalue weighted by Gasteiger charge is 2.19. The van der Waals surface area contributed by atoms with Gasteiger partial charge in [-0.25, -0.2) is 0 Å². The second-order valence-corrected chi connectivity index (χ2v) is 11.3. The van der Waals surface area contributed by atoms with Gasteiger partial charge in [0, 0.05) is 10.8 Å². The van der Waals surface area contributed by atoms with Gasteiger partial charge in [-0.2, -0.15) is 0 Å². The van der Waals surface area contributed by atoms with Crippen molar-refractivity contribution >= 4 is 54.3 Å². The molecule has 1 aromatic heterocycles. The molecule has 0 fully saturated rings. The fourth-order valence-corrected chi connectivity index (χ4v) is 6.92. The lowest BCUT2D eigenvalue weighted by Crippen LogP contribution is -1.91. The van der Waals surface area contributed by atoms with Gasteiger partial charge in [-0.05, 0) is 90.0 Å². The molecule has 9 rings (SSSR count). The van der Waals surface area contributed by atoms with E-state index in [0.29, 0.717) is 0 Å². The minimum absolute atomic E-state index is 0.906. The third kappa shape index (κ3) is 3.72. The predicted molar refractivity (Wildman–Crippen MR) is 183 cm³/mol. The molecular weight excluding hydrogens is 520 g/mol. The molecule has 0 saturated heterocycles. The van der Waals surface area contributed by atoms with E-state index in [9.17, 15) is 0 Å². The van der Waals surface area contributed by atoms with E-state index < -0.39 is 0 Å². The Hall–Kier alpha value is -5.66. The molecule has 0 saturated carbocycles. The highest BCUT2D eigenvalue weighted by atomic mass is 16.3. The molecule has 43 heavy (non-hydrogen) atoms. The summed E-state index contributed by atoms with van der Waals surface area (Å²) in [6.45, 7) is 0. The molecular formula is C42H26O. The summed E-state index contributed by atoms with van der Waals surface area (Å²) in [5, 5.41) is 9.79. The summed E-state index contributed by atoms with van der Waals surface area (Å²) in [4.78, 5) is 0. The Bertz CT molecular complexity index is 2440. The van der Waals surface area contributed by atoms with Crippen molar-refractivity contribution in [2.24, 2.45) is 0 Å². The zero-order valence-corrected chi connectivity index (χ0v) is 23.4. The molecule has 8 aromatic carbocycles. The lowest BCUT2D eigenvalue weighted by molar-refractivity contribution is 0.669. The molecule has 0 bridgehead atoms. The van der Waals surface area contributed by atoms with Gasteiger partial charge in [0.2, 0.25) is 0 Å². The molecule has 200 valence electrons. The van der Waals surface area contributed by atoms with E-state index in [-0.39, 0.29) is 0 Å². The summed E-state index contributed by atoms with van der Waals surface area (Å²) < 4.78 is 6.47. The van der Waals surface area contributed by atoms with E-state index in [1.807, 2.05) is 0 Å². The van der Waals surface area contributed by atoms with Crippen molar-refractivity contribution in [3.8, 4) is 33.4 Å². The summed E-state index contributed by atoms with van der Waals surface area (Å²) in [7, 11) is 0. The van der Waals surface area contributed by atoms with Crippen LogP contribution >= 0.6 is 0 Å². The number of furan rings is 1. The quantitative estimate of drug-likeness (QED) is 0.201. The Kier molecular flexibility index (Phi) is 5.27.